The molecule has 1 unspecified atom stereocenters. The van der Waals surface area contributed by atoms with Crippen LogP contribution < -0.4 is 10.6 Å². The fraction of sp³-hybridized carbons (Fsp3) is 0.833. The van der Waals surface area contributed by atoms with Crippen LogP contribution in [0.5, 0.6) is 0 Å². The minimum absolute atomic E-state index is 0.0354. The molecule has 2 amide bonds. The van der Waals surface area contributed by atoms with Crippen molar-refractivity contribution in [1.29, 1.82) is 0 Å². The van der Waals surface area contributed by atoms with E-state index in [0.717, 1.165) is 39.1 Å². The first kappa shape index (κ1) is 13.3. The molecule has 0 saturated carbocycles. The van der Waals surface area contributed by atoms with E-state index in [0.29, 0.717) is 6.54 Å². The number of hydrogen-bond acceptors (Lipinski definition) is 4. The molecule has 2 aliphatic heterocycles. The summed E-state index contributed by atoms with van der Waals surface area (Å²) in [6.45, 7) is 7.44. The molecule has 2 rings (SSSR count). The van der Waals surface area contributed by atoms with Crippen LogP contribution in [0.1, 0.15) is 13.3 Å². The number of nitrogens with one attached hydrogen (secondary N) is 2. The standard InChI is InChI=1S/C12H22N4O2/c1-2-3-15-4-6-16(7-5-15)12(18)10-8-14-11(17)9-13-10/h10,13H,2-9H2,1H3,(H,14,17). The molecule has 2 saturated heterocycles. The molecule has 0 aromatic carbocycles. The van der Waals surface area contributed by atoms with Crippen molar-refractivity contribution in [2.45, 2.75) is 19.4 Å². The maximum atomic E-state index is 12.2. The summed E-state index contributed by atoms with van der Waals surface area (Å²) in [4.78, 5) is 27.5. The Morgan fingerprint density at radius 3 is 2.61 bits per heavy atom. The lowest BCUT2D eigenvalue weighted by Crippen LogP contribution is -2.61. The quantitative estimate of drug-likeness (QED) is 0.652. The third-order valence-corrected chi connectivity index (χ3v) is 3.53. The maximum Gasteiger partial charge on any atom is 0.241 e. The van der Waals surface area contributed by atoms with Crippen LogP contribution in [0.25, 0.3) is 0 Å². The molecule has 0 radical (unpaired) electrons. The average Bonchev–Trinajstić information content (AvgIpc) is 2.40. The molecule has 0 spiro atoms. The van der Waals surface area contributed by atoms with E-state index in [1.165, 1.54) is 0 Å². The molecule has 2 N–H and O–H groups in total. The van der Waals surface area contributed by atoms with E-state index >= 15 is 0 Å². The van der Waals surface area contributed by atoms with E-state index in [-0.39, 0.29) is 24.4 Å². The Balaban J connectivity index is 1.78. The van der Waals surface area contributed by atoms with Gasteiger partial charge >= 0.3 is 0 Å². The largest absolute Gasteiger partial charge is 0.353 e. The van der Waals surface area contributed by atoms with E-state index in [4.69, 9.17) is 0 Å². The summed E-state index contributed by atoms with van der Waals surface area (Å²) in [5.74, 6) is 0.0814. The first-order chi connectivity index (χ1) is 8.70. The van der Waals surface area contributed by atoms with Crippen molar-refractivity contribution < 1.29 is 9.59 Å². The Kier molecular flexibility index (Phi) is 4.54. The highest BCUT2D eigenvalue weighted by molar-refractivity contribution is 5.86. The van der Waals surface area contributed by atoms with Gasteiger partial charge in [-0.15, -0.1) is 0 Å². The molecule has 6 heteroatoms. The molecule has 1 atom stereocenters. The molecule has 2 fully saturated rings. The first-order valence-corrected chi connectivity index (χ1v) is 6.72. The Morgan fingerprint density at radius 1 is 1.33 bits per heavy atom. The molecule has 0 aromatic rings. The van der Waals surface area contributed by atoms with E-state index in [9.17, 15) is 9.59 Å². The van der Waals surface area contributed by atoms with E-state index in [2.05, 4.69) is 22.5 Å². The van der Waals surface area contributed by atoms with Crippen molar-refractivity contribution in [1.82, 2.24) is 20.4 Å². The lowest BCUT2D eigenvalue weighted by Gasteiger charge is -2.37. The van der Waals surface area contributed by atoms with E-state index in [1.54, 1.807) is 0 Å². The Labute approximate surface area is 108 Å². The van der Waals surface area contributed by atoms with Gasteiger partial charge in [-0.3, -0.25) is 19.8 Å². The zero-order chi connectivity index (χ0) is 13.0. The lowest BCUT2D eigenvalue weighted by atomic mass is 10.2. The molecule has 102 valence electrons. The minimum Gasteiger partial charge on any atom is -0.353 e. The normalized spacial score (nSPS) is 25.9. The zero-order valence-corrected chi connectivity index (χ0v) is 10.9. The average molecular weight is 254 g/mol. The van der Waals surface area contributed by atoms with Gasteiger partial charge in [0.25, 0.3) is 0 Å². The summed E-state index contributed by atoms with van der Waals surface area (Å²) in [5.41, 5.74) is 0. The van der Waals surface area contributed by atoms with Gasteiger partial charge in [0.2, 0.25) is 11.8 Å². The Morgan fingerprint density at radius 2 is 2.06 bits per heavy atom. The van der Waals surface area contributed by atoms with Gasteiger partial charge in [0.05, 0.1) is 6.54 Å². The SMILES string of the molecule is CCCN1CCN(C(=O)C2CNC(=O)CN2)CC1. The predicted octanol–water partition coefficient (Wildman–Crippen LogP) is -1.37. The summed E-state index contributed by atoms with van der Waals surface area (Å²) < 4.78 is 0. The number of hydrogen-bond donors (Lipinski definition) is 2. The summed E-state index contributed by atoms with van der Waals surface area (Å²) in [7, 11) is 0. The third kappa shape index (κ3) is 3.20. The highest BCUT2D eigenvalue weighted by atomic mass is 16.2. The van der Waals surface area contributed by atoms with Crippen molar-refractivity contribution in [3.8, 4) is 0 Å². The van der Waals surface area contributed by atoms with Gasteiger partial charge in [0, 0.05) is 32.7 Å². The molecule has 2 aliphatic rings. The van der Waals surface area contributed by atoms with Gasteiger partial charge in [-0.1, -0.05) is 6.92 Å². The molecule has 2 heterocycles. The number of piperazine rings is 2. The molecule has 0 aliphatic carbocycles. The van der Waals surface area contributed by atoms with Gasteiger partial charge in [-0.05, 0) is 13.0 Å². The molecule has 6 nitrogen and oxygen atoms in total. The van der Waals surface area contributed by atoms with Gasteiger partial charge in [-0.2, -0.15) is 0 Å². The van der Waals surface area contributed by atoms with E-state index < -0.39 is 0 Å². The van der Waals surface area contributed by atoms with Crippen molar-refractivity contribution in [3.05, 3.63) is 0 Å². The first-order valence-electron chi connectivity index (χ1n) is 6.72. The van der Waals surface area contributed by atoms with Crippen LogP contribution in [0.2, 0.25) is 0 Å². The Bertz CT molecular complexity index is 303. The summed E-state index contributed by atoms with van der Waals surface area (Å²) >= 11 is 0. The second-order valence-electron chi connectivity index (χ2n) is 4.90. The molecule has 0 bridgehead atoms. The minimum atomic E-state index is -0.250. The number of nitrogens with zero attached hydrogens (tertiary/aromatic N) is 2. The summed E-state index contributed by atoms with van der Waals surface area (Å²) in [5, 5.41) is 5.71. The van der Waals surface area contributed by atoms with Crippen LogP contribution in [0.4, 0.5) is 0 Å². The summed E-state index contributed by atoms with van der Waals surface area (Å²) in [6, 6.07) is -0.250. The van der Waals surface area contributed by atoms with Crippen LogP contribution in [0.15, 0.2) is 0 Å². The zero-order valence-electron chi connectivity index (χ0n) is 10.9. The van der Waals surface area contributed by atoms with Crippen molar-refractivity contribution in [3.63, 3.8) is 0 Å². The highest BCUT2D eigenvalue weighted by Gasteiger charge is 2.29. The van der Waals surface area contributed by atoms with E-state index in [1.807, 2.05) is 4.90 Å². The highest BCUT2D eigenvalue weighted by Crippen LogP contribution is 2.05. The van der Waals surface area contributed by atoms with Gasteiger partial charge in [-0.25, -0.2) is 0 Å². The predicted molar refractivity (Wildman–Crippen MR) is 68.1 cm³/mol. The second kappa shape index (κ2) is 6.15. The number of amides is 2. The smallest absolute Gasteiger partial charge is 0.241 e. The van der Waals surface area contributed by atoms with Crippen molar-refractivity contribution >= 4 is 11.8 Å². The van der Waals surface area contributed by atoms with Crippen LogP contribution in [0.3, 0.4) is 0 Å². The topological polar surface area (TPSA) is 64.7 Å². The number of carbonyl (C=O) groups excluding carboxylic acids is 2. The Hall–Kier alpha value is -1.14. The second-order valence-corrected chi connectivity index (χ2v) is 4.90. The fourth-order valence-electron chi connectivity index (χ4n) is 2.47. The van der Waals surface area contributed by atoms with Crippen LogP contribution in [0, 0.1) is 0 Å². The number of rotatable bonds is 3. The molecular formula is C12H22N4O2. The van der Waals surface area contributed by atoms with Crippen LogP contribution in [-0.2, 0) is 9.59 Å². The molecule has 18 heavy (non-hydrogen) atoms. The molecule has 0 aromatic heterocycles. The summed E-state index contributed by atoms with van der Waals surface area (Å²) in [6.07, 6.45) is 1.16. The third-order valence-electron chi connectivity index (χ3n) is 3.53. The molecular weight excluding hydrogens is 232 g/mol. The maximum absolute atomic E-state index is 12.2. The fourth-order valence-corrected chi connectivity index (χ4v) is 2.47. The lowest BCUT2D eigenvalue weighted by molar-refractivity contribution is -0.136. The van der Waals surface area contributed by atoms with Crippen molar-refractivity contribution in [2.75, 3.05) is 45.8 Å². The van der Waals surface area contributed by atoms with Crippen molar-refractivity contribution in [2.24, 2.45) is 0 Å². The number of carbonyl (C=O) groups is 2. The monoisotopic (exact) mass is 254 g/mol. The van der Waals surface area contributed by atoms with Crippen LogP contribution in [-0.4, -0.2) is 73.5 Å². The van der Waals surface area contributed by atoms with Crippen LogP contribution >= 0.6 is 0 Å². The van der Waals surface area contributed by atoms with Gasteiger partial charge in [0.1, 0.15) is 6.04 Å². The van der Waals surface area contributed by atoms with Gasteiger partial charge in [0.15, 0.2) is 0 Å². The van der Waals surface area contributed by atoms with Gasteiger partial charge < -0.3 is 10.2 Å².